The van der Waals surface area contributed by atoms with Crippen LogP contribution in [0, 0.1) is 0 Å². The van der Waals surface area contributed by atoms with Gasteiger partial charge in [-0.2, -0.15) is 0 Å². The molecule has 5 nitrogen and oxygen atoms in total. The molecule has 1 aliphatic heterocycles. The number of amides is 1. The van der Waals surface area contributed by atoms with Crippen LogP contribution in [-0.4, -0.2) is 24.9 Å². The predicted octanol–water partition coefficient (Wildman–Crippen LogP) is 3.63. The highest BCUT2D eigenvalue weighted by Crippen LogP contribution is 2.39. The van der Waals surface area contributed by atoms with Crippen molar-refractivity contribution in [2.75, 3.05) is 13.7 Å². The molecule has 1 unspecified atom stereocenters. The first kappa shape index (κ1) is 15.2. The molecule has 2 aromatic rings. The lowest BCUT2D eigenvalue weighted by molar-refractivity contribution is 0.158. The number of fused-ring (bicyclic) bond motifs is 1. The van der Waals surface area contributed by atoms with Crippen LogP contribution in [0.25, 0.3) is 11.1 Å². The summed E-state index contributed by atoms with van der Waals surface area (Å²) >= 11 is 0. The van der Waals surface area contributed by atoms with Gasteiger partial charge in [0.2, 0.25) is 0 Å². The molecule has 0 saturated heterocycles. The van der Waals surface area contributed by atoms with Gasteiger partial charge in [-0.05, 0) is 36.2 Å². The molecule has 0 bridgehead atoms. The van der Waals surface area contributed by atoms with Crippen LogP contribution in [0.5, 0.6) is 11.5 Å². The zero-order valence-electron chi connectivity index (χ0n) is 13.1. The van der Waals surface area contributed by atoms with Crippen molar-refractivity contribution < 1.29 is 19.4 Å². The molecule has 0 saturated carbocycles. The van der Waals surface area contributed by atoms with E-state index >= 15 is 0 Å². The third-order valence-electron chi connectivity index (χ3n) is 4.22. The first-order valence-electron chi connectivity index (χ1n) is 7.45. The Morgan fingerprint density at radius 1 is 1.26 bits per heavy atom. The van der Waals surface area contributed by atoms with Gasteiger partial charge in [0.25, 0.3) is 0 Å². The van der Waals surface area contributed by atoms with Crippen LogP contribution in [0.4, 0.5) is 4.79 Å². The van der Waals surface area contributed by atoms with Crippen LogP contribution in [-0.2, 0) is 5.54 Å². The van der Waals surface area contributed by atoms with Gasteiger partial charge in [0.1, 0.15) is 11.5 Å². The molecule has 0 aromatic heterocycles. The van der Waals surface area contributed by atoms with E-state index in [9.17, 15) is 4.79 Å². The summed E-state index contributed by atoms with van der Waals surface area (Å²) in [5.74, 6) is 1.51. The Balaban J connectivity index is 2.00. The van der Waals surface area contributed by atoms with Gasteiger partial charge in [0.15, 0.2) is 0 Å². The van der Waals surface area contributed by atoms with Crippen LogP contribution in [0.3, 0.4) is 0 Å². The fourth-order valence-electron chi connectivity index (χ4n) is 2.95. The van der Waals surface area contributed by atoms with Crippen molar-refractivity contribution in [3.63, 3.8) is 0 Å². The lowest BCUT2D eigenvalue weighted by Crippen LogP contribution is -2.46. The molecule has 2 aromatic carbocycles. The molecule has 1 heterocycles. The molecule has 2 N–H and O–H groups in total. The monoisotopic (exact) mass is 313 g/mol. The zero-order valence-corrected chi connectivity index (χ0v) is 13.1. The van der Waals surface area contributed by atoms with Crippen LogP contribution >= 0.6 is 0 Å². The van der Waals surface area contributed by atoms with Crippen molar-refractivity contribution in [3.05, 3.63) is 48.0 Å². The normalized spacial score (nSPS) is 19.4. The van der Waals surface area contributed by atoms with Gasteiger partial charge in [-0.3, -0.25) is 0 Å². The molecule has 1 amide bonds. The summed E-state index contributed by atoms with van der Waals surface area (Å²) in [6.45, 7) is 2.36. The van der Waals surface area contributed by atoms with Crippen molar-refractivity contribution in [3.8, 4) is 22.6 Å². The molecule has 1 aliphatic rings. The first-order valence-corrected chi connectivity index (χ1v) is 7.45. The SMILES string of the molecule is COc1cccc(-c2ccc3c(c2)OCCC3(C)NC(=O)O)c1. The highest BCUT2D eigenvalue weighted by molar-refractivity contribution is 5.70. The minimum absolute atomic E-state index is 0.478. The lowest BCUT2D eigenvalue weighted by atomic mass is 9.85. The molecule has 0 spiro atoms. The fraction of sp³-hybridized carbons (Fsp3) is 0.278. The maximum atomic E-state index is 11.1. The Morgan fingerprint density at radius 2 is 2.04 bits per heavy atom. The van der Waals surface area contributed by atoms with E-state index in [1.165, 1.54) is 0 Å². The minimum atomic E-state index is -1.03. The zero-order chi connectivity index (χ0) is 16.4. The van der Waals surface area contributed by atoms with E-state index in [2.05, 4.69) is 5.32 Å². The fourth-order valence-corrected chi connectivity index (χ4v) is 2.95. The molecule has 5 heteroatoms. The van der Waals surface area contributed by atoms with Crippen LogP contribution < -0.4 is 14.8 Å². The summed E-state index contributed by atoms with van der Waals surface area (Å²) in [5.41, 5.74) is 2.25. The van der Waals surface area contributed by atoms with Gasteiger partial charge < -0.3 is 19.9 Å². The largest absolute Gasteiger partial charge is 0.497 e. The second kappa shape index (κ2) is 5.83. The Morgan fingerprint density at radius 3 is 2.78 bits per heavy atom. The molecule has 0 radical (unpaired) electrons. The van der Waals surface area contributed by atoms with E-state index in [0.29, 0.717) is 18.8 Å². The number of carbonyl (C=O) groups is 1. The number of benzene rings is 2. The van der Waals surface area contributed by atoms with Gasteiger partial charge in [-0.1, -0.05) is 24.3 Å². The standard InChI is InChI=1S/C18H19NO4/c1-18(19-17(20)21)8-9-23-16-11-13(6-7-15(16)18)12-4-3-5-14(10-12)22-2/h3-7,10-11,19H,8-9H2,1-2H3,(H,20,21). The molecule has 1 atom stereocenters. The van der Waals surface area contributed by atoms with Crippen LogP contribution in [0.2, 0.25) is 0 Å². The van der Waals surface area contributed by atoms with Gasteiger partial charge >= 0.3 is 6.09 Å². The average Bonchev–Trinajstić information content (AvgIpc) is 2.54. The van der Waals surface area contributed by atoms with E-state index in [1.54, 1.807) is 7.11 Å². The van der Waals surface area contributed by atoms with E-state index in [0.717, 1.165) is 22.4 Å². The summed E-state index contributed by atoms with van der Waals surface area (Å²) in [7, 11) is 1.64. The number of methoxy groups -OCH3 is 1. The van der Waals surface area contributed by atoms with Crippen molar-refractivity contribution >= 4 is 6.09 Å². The van der Waals surface area contributed by atoms with E-state index in [1.807, 2.05) is 49.4 Å². The summed E-state index contributed by atoms with van der Waals surface area (Å²) in [6.07, 6.45) is -0.428. The Hall–Kier alpha value is -2.69. The second-order valence-electron chi connectivity index (χ2n) is 5.80. The molecule has 23 heavy (non-hydrogen) atoms. The quantitative estimate of drug-likeness (QED) is 0.908. The summed E-state index contributed by atoms with van der Waals surface area (Å²) < 4.78 is 11.0. The van der Waals surface area contributed by atoms with Gasteiger partial charge in [-0.15, -0.1) is 0 Å². The van der Waals surface area contributed by atoms with Gasteiger partial charge in [-0.25, -0.2) is 4.79 Å². The summed E-state index contributed by atoms with van der Waals surface area (Å²) in [4.78, 5) is 11.1. The number of hydrogen-bond donors (Lipinski definition) is 2. The number of ether oxygens (including phenoxy) is 2. The molecular weight excluding hydrogens is 294 g/mol. The van der Waals surface area contributed by atoms with E-state index in [4.69, 9.17) is 14.6 Å². The molecule has 120 valence electrons. The van der Waals surface area contributed by atoms with Crippen molar-refractivity contribution in [2.45, 2.75) is 18.9 Å². The third-order valence-corrected chi connectivity index (χ3v) is 4.22. The van der Waals surface area contributed by atoms with Crippen LogP contribution in [0.1, 0.15) is 18.9 Å². The topological polar surface area (TPSA) is 67.8 Å². The van der Waals surface area contributed by atoms with Crippen molar-refractivity contribution in [1.29, 1.82) is 0 Å². The highest BCUT2D eigenvalue weighted by Gasteiger charge is 2.34. The molecular formula is C18H19NO4. The summed E-state index contributed by atoms with van der Waals surface area (Å²) in [5, 5.41) is 11.7. The average molecular weight is 313 g/mol. The second-order valence-corrected chi connectivity index (χ2v) is 5.80. The smallest absolute Gasteiger partial charge is 0.405 e. The first-order chi connectivity index (χ1) is 11.0. The maximum Gasteiger partial charge on any atom is 0.405 e. The summed E-state index contributed by atoms with van der Waals surface area (Å²) in [6, 6.07) is 13.6. The Kier molecular flexibility index (Phi) is 3.86. The maximum absolute atomic E-state index is 11.1. The highest BCUT2D eigenvalue weighted by atomic mass is 16.5. The van der Waals surface area contributed by atoms with E-state index < -0.39 is 11.6 Å². The van der Waals surface area contributed by atoms with E-state index in [-0.39, 0.29) is 0 Å². The van der Waals surface area contributed by atoms with Gasteiger partial charge in [0, 0.05) is 12.0 Å². The predicted molar refractivity (Wildman–Crippen MR) is 87.1 cm³/mol. The number of rotatable bonds is 3. The van der Waals surface area contributed by atoms with Crippen molar-refractivity contribution in [1.82, 2.24) is 5.32 Å². The molecule has 0 fully saturated rings. The number of hydrogen-bond acceptors (Lipinski definition) is 3. The number of carboxylic acid groups (broad SMARTS) is 1. The Bertz CT molecular complexity index is 744. The van der Waals surface area contributed by atoms with Crippen LogP contribution in [0.15, 0.2) is 42.5 Å². The van der Waals surface area contributed by atoms with Gasteiger partial charge in [0.05, 0.1) is 19.3 Å². The number of nitrogens with one attached hydrogen (secondary N) is 1. The Labute approximate surface area is 134 Å². The van der Waals surface area contributed by atoms with Crippen molar-refractivity contribution in [2.24, 2.45) is 0 Å². The minimum Gasteiger partial charge on any atom is -0.497 e. The lowest BCUT2D eigenvalue weighted by Gasteiger charge is -2.35. The molecule has 0 aliphatic carbocycles. The molecule has 3 rings (SSSR count). The third kappa shape index (κ3) is 2.95.